The Labute approximate surface area is 88.1 Å². The number of carbonyl (C=O) groups is 1. The molecular formula is C12H14F2O. The summed E-state index contributed by atoms with van der Waals surface area (Å²) in [6.45, 7) is 3.53. The molecule has 0 aliphatic carbocycles. The quantitative estimate of drug-likeness (QED) is 0.698. The summed E-state index contributed by atoms with van der Waals surface area (Å²) in [5.74, 6) is -0.472. The van der Waals surface area contributed by atoms with Gasteiger partial charge in [0.1, 0.15) is 6.29 Å². The van der Waals surface area contributed by atoms with Gasteiger partial charge in [0.25, 0.3) is 6.43 Å². The summed E-state index contributed by atoms with van der Waals surface area (Å²) in [5.41, 5.74) is 1.28. The van der Waals surface area contributed by atoms with Crippen LogP contribution in [-0.4, -0.2) is 6.29 Å². The van der Waals surface area contributed by atoms with Crippen molar-refractivity contribution in [1.82, 2.24) is 0 Å². The number of alkyl halides is 2. The Balaban J connectivity index is 3.20. The van der Waals surface area contributed by atoms with Crippen molar-refractivity contribution in [3.63, 3.8) is 0 Å². The van der Waals surface area contributed by atoms with Gasteiger partial charge in [-0.1, -0.05) is 26.0 Å². The van der Waals surface area contributed by atoms with E-state index in [0.29, 0.717) is 11.8 Å². The van der Waals surface area contributed by atoms with Gasteiger partial charge in [0.2, 0.25) is 0 Å². The predicted octanol–water partition coefficient (Wildman–Crippen LogP) is 3.49. The number of aldehydes is 1. The summed E-state index contributed by atoms with van der Waals surface area (Å²) in [7, 11) is 0. The molecule has 1 aromatic carbocycles. The van der Waals surface area contributed by atoms with E-state index in [1.165, 1.54) is 6.07 Å². The Hall–Kier alpha value is -1.25. The molecule has 0 aliphatic heterocycles. The highest BCUT2D eigenvalue weighted by Crippen LogP contribution is 2.28. The highest BCUT2D eigenvalue weighted by molar-refractivity contribution is 5.62. The van der Waals surface area contributed by atoms with Crippen LogP contribution in [0.25, 0.3) is 0 Å². The van der Waals surface area contributed by atoms with Gasteiger partial charge in [-0.25, -0.2) is 8.78 Å². The minimum atomic E-state index is -2.52. The monoisotopic (exact) mass is 212 g/mol. The number of halogens is 2. The lowest BCUT2D eigenvalue weighted by molar-refractivity contribution is -0.108. The highest BCUT2D eigenvalue weighted by atomic mass is 19.3. The average Bonchev–Trinajstić information content (AvgIpc) is 2.27. The maximum atomic E-state index is 12.7. The molecule has 0 N–H and O–H groups in total. The van der Waals surface area contributed by atoms with Crippen LogP contribution in [0.5, 0.6) is 0 Å². The van der Waals surface area contributed by atoms with Crippen LogP contribution in [0, 0.1) is 0 Å². The van der Waals surface area contributed by atoms with E-state index in [1.807, 2.05) is 6.92 Å². The van der Waals surface area contributed by atoms with Crippen LogP contribution in [0.2, 0.25) is 0 Å². The molecule has 1 nitrogen and oxygen atoms in total. The molecule has 1 atom stereocenters. The predicted molar refractivity (Wildman–Crippen MR) is 55.3 cm³/mol. The van der Waals surface area contributed by atoms with Crippen LogP contribution in [-0.2, 0) is 11.2 Å². The van der Waals surface area contributed by atoms with Crippen molar-refractivity contribution in [1.29, 1.82) is 0 Å². The largest absolute Gasteiger partial charge is 0.303 e. The molecule has 0 saturated carbocycles. The molecule has 0 spiro atoms. The maximum Gasteiger partial charge on any atom is 0.264 e. The molecule has 0 heterocycles. The molecular weight excluding hydrogens is 198 g/mol. The number of carbonyl (C=O) groups excluding carboxylic acids is 1. The van der Waals surface area contributed by atoms with Gasteiger partial charge in [0.15, 0.2) is 0 Å². The molecule has 0 aliphatic rings. The third kappa shape index (κ3) is 2.61. The van der Waals surface area contributed by atoms with Gasteiger partial charge in [-0.2, -0.15) is 0 Å². The Morgan fingerprint density at radius 2 is 2.00 bits per heavy atom. The van der Waals surface area contributed by atoms with Crippen LogP contribution in [0.3, 0.4) is 0 Å². The van der Waals surface area contributed by atoms with Crippen molar-refractivity contribution in [2.24, 2.45) is 0 Å². The summed E-state index contributed by atoms with van der Waals surface area (Å²) in [5, 5.41) is 0. The van der Waals surface area contributed by atoms with Crippen LogP contribution >= 0.6 is 0 Å². The van der Waals surface area contributed by atoms with Crippen LogP contribution in [0.4, 0.5) is 8.78 Å². The summed E-state index contributed by atoms with van der Waals surface area (Å²) < 4.78 is 25.4. The molecule has 82 valence electrons. The van der Waals surface area contributed by atoms with Gasteiger partial charge < -0.3 is 4.79 Å². The number of aryl methyl sites for hydroxylation is 1. The van der Waals surface area contributed by atoms with E-state index in [1.54, 1.807) is 19.1 Å². The molecule has 3 heteroatoms. The van der Waals surface area contributed by atoms with Crippen molar-refractivity contribution in [3.05, 3.63) is 34.9 Å². The summed E-state index contributed by atoms with van der Waals surface area (Å²) in [6.07, 6.45) is -1.11. The number of rotatable bonds is 4. The second-order valence-electron chi connectivity index (χ2n) is 3.54. The van der Waals surface area contributed by atoms with Crippen molar-refractivity contribution in [2.75, 3.05) is 0 Å². The van der Waals surface area contributed by atoms with Crippen LogP contribution < -0.4 is 0 Å². The molecule has 0 fully saturated rings. The van der Waals surface area contributed by atoms with Gasteiger partial charge in [0.05, 0.1) is 0 Å². The summed E-state index contributed by atoms with van der Waals surface area (Å²) in [4.78, 5) is 10.6. The molecule has 1 aromatic rings. The zero-order valence-corrected chi connectivity index (χ0v) is 8.84. The Morgan fingerprint density at radius 1 is 1.33 bits per heavy atom. The Kier molecular flexibility index (Phi) is 3.95. The highest BCUT2D eigenvalue weighted by Gasteiger charge is 2.17. The maximum absolute atomic E-state index is 12.7. The van der Waals surface area contributed by atoms with Gasteiger partial charge in [-0.05, 0) is 23.6 Å². The van der Waals surface area contributed by atoms with Gasteiger partial charge >= 0.3 is 0 Å². The SMILES string of the molecule is CCc1ccc(C(C)C=O)c(C(F)F)c1. The smallest absolute Gasteiger partial charge is 0.264 e. The third-order valence-corrected chi connectivity index (χ3v) is 2.49. The fourth-order valence-corrected chi connectivity index (χ4v) is 1.52. The van der Waals surface area contributed by atoms with E-state index in [4.69, 9.17) is 0 Å². The molecule has 1 rings (SSSR count). The first-order chi connectivity index (χ1) is 7.10. The third-order valence-electron chi connectivity index (χ3n) is 2.49. The second kappa shape index (κ2) is 5.01. The molecule has 0 bridgehead atoms. The zero-order valence-electron chi connectivity index (χ0n) is 8.84. The fourth-order valence-electron chi connectivity index (χ4n) is 1.52. The fraction of sp³-hybridized carbons (Fsp3) is 0.417. The van der Waals surface area contributed by atoms with E-state index < -0.39 is 12.3 Å². The van der Waals surface area contributed by atoms with Crippen molar-refractivity contribution in [2.45, 2.75) is 32.6 Å². The molecule has 0 amide bonds. The standard InChI is InChI=1S/C12H14F2O/c1-3-9-4-5-10(8(2)7-15)11(6-9)12(13)14/h4-8,12H,3H2,1-2H3. The van der Waals surface area contributed by atoms with E-state index in [9.17, 15) is 13.6 Å². The number of hydrogen-bond donors (Lipinski definition) is 0. The van der Waals surface area contributed by atoms with E-state index in [0.717, 1.165) is 12.0 Å². The summed E-state index contributed by atoms with van der Waals surface area (Å²) in [6, 6.07) is 4.90. The topological polar surface area (TPSA) is 17.1 Å². The Bertz CT molecular complexity index is 347. The lowest BCUT2D eigenvalue weighted by Gasteiger charge is -2.12. The minimum Gasteiger partial charge on any atom is -0.303 e. The average molecular weight is 212 g/mol. The van der Waals surface area contributed by atoms with Crippen molar-refractivity contribution >= 4 is 6.29 Å². The molecule has 1 unspecified atom stereocenters. The van der Waals surface area contributed by atoms with E-state index in [2.05, 4.69) is 0 Å². The Morgan fingerprint density at radius 3 is 2.47 bits per heavy atom. The van der Waals surface area contributed by atoms with Gasteiger partial charge in [-0.15, -0.1) is 0 Å². The van der Waals surface area contributed by atoms with E-state index >= 15 is 0 Å². The minimum absolute atomic E-state index is 0.0195. The van der Waals surface area contributed by atoms with E-state index in [-0.39, 0.29) is 5.56 Å². The van der Waals surface area contributed by atoms with Crippen LogP contribution in [0.1, 0.15) is 42.9 Å². The normalized spacial score (nSPS) is 12.9. The first-order valence-corrected chi connectivity index (χ1v) is 4.96. The van der Waals surface area contributed by atoms with Crippen molar-refractivity contribution < 1.29 is 13.6 Å². The first kappa shape index (κ1) is 11.8. The summed E-state index contributed by atoms with van der Waals surface area (Å²) >= 11 is 0. The number of hydrogen-bond acceptors (Lipinski definition) is 1. The lowest BCUT2D eigenvalue weighted by atomic mass is 9.94. The van der Waals surface area contributed by atoms with Gasteiger partial charge in [-0.3, -0.25) is 0 Å². The number of benzene rings is 1. The molecule has 0 radical (unpaired) electrons. The van der Waals surface area contributed by atoms with Gasteiger partial charge in [0, 0.05) is 11.5 Å². The van der Waals surface area contributed by atoms with Crippen LogP contribution in [0.15, 0.2) is 18.2 Å². The molecule has 15 heavy (non-hydrogen) atoms. The zero-order chi connectivity index (χ0) is 11.4. The first-order valence-electron chi connectivity index (χ1n) is 4.96. The van der Waals surface area contributed by atoms with Crippen molar-refractivity contribution in [3.8, 4) is 0 Å². The molecule has 0 aromatic heterocycles. The second-order valence-corrected chi connectivity index (χ2v) is 3.54. The molecule has 0 saturated heterocycles. The lowest BCUT2D eigenvalue weighted by Crippen LogP contribution is -2.02.